The summed E-state index contributed by atoms with van der Waals surface area (Å²) in [6.07, 6.45) is 3.52. The molecule has 1 aliphatic carbocycles. The van der Waals surface area contributed by atoms with Gasteiger partial charge in [-0.2, -0.15) is 5.26 Å². The molecule has 1 rings (SSSR count). The van der Waals surface area contributed by atoms with Crippen molar-refractivity contribution in [1.82, 2.24) is 4.90 Å². The zero-order valence-electron chi connectivity index (χ0n) is 12.6. The molecule has 0 aromatic carbocycles. The molecule has 0 saturated heterocycles. The first kappa shape index (κ1) is 16.0. The Kier molecular flexibility index (Phi) is 5.81. The van der Waals surface area contributed by atoms with E-state index in [2.05, 4.69) is 13.0 Å². The molecule has 0 radical (unpaired) electrons. The van der Waals surface area contributed by atoms with Gasteiger partial charge in [-0.25, -0.2) is 0 Å². The van der Waals surface area contributed by atoms with E-state index >= 15 is 0 Å². The van der Waals surface area contributed by atoms with E-state index in [1.54, 1.807) is 7.11 Å². The molecule has 0 spiro atoms. The smallest absolute Gasteiger partial charge is 0.243 e. The Morgan fingerprint density at radius 3 is 2.42 bits per heavy atom. The number of amides is 1. The number of ether oxygens (including phenoxy) is 1. The van der Waals surface area contributed by atoms with Gasteiger partial charge >= 0.3 is 0 Å². The Hall–Kier alpha value is -1.08. The minimum Gasteiger partial charge on any atom is -0.383 e. The zero-order valence-corrected chi connectivity index (χ0v) is 12.6. The molecule has 19 heavy (non-hydrogen) atoms. The highest BCUT2D eigenvalue weighted by molar-refractivity contribution is 5.85. The second-order valence-corrected chi connectivity index (χ2v) is 5.47. The molecule has 1 fully saturated rings. The largest absolute Gasteiger partial charge is 0.383 e. The number of carbonyl (C=O) groups excluding carboxylic acids is 1. The lowest BCUT2D eigenvalue weighted by Gasteiger charge is -2.35. The number of methoxy groups -OCH3 is 1. The van der Waals surface area contributed by atoms with Gasteiger partial charge in [-0.05, 0) is 38.5 Å². The molecule has 0 aromatic rings. The molecule has 1 unspecified atom stereocenters. The van der Waals surface area contributed by atoms with Crippen LogP contribution >= 0.6 is 0 Å². The van der Waals surface area contributed by atoms with Crippen LogP contribution in [0.2, 0.25) is 0 Å². The van der Waals surface area contributed by atoms with Gasteiger partial charge in [0.2, 0.25) is 5.91 Å². The van der Waals surface area contributed by atoms with Gasteiger partial charge in [0.15, 0.2) is 0 Å². The van der Waals surface area contributed by atoms with Gasteiger partial charge in [0.05, 0.1) is 12.7 Å². The maximum Gasteiger partial charge on any atom is 0.243 e. The summed E-state index contributed by atoms with van der Waals surface area (Å²) in [6, 6.07) is 2.47. The molecular formula is C15H26N2O2. The zero-order chi connectivity index (χ0) is 14.5. The highest BCUT2D eigenvalue weighted by atomic mass is 16.5. The fourth-order valence-corrected chi connectivity index (χ4v) is 2.55. The highest BCUT2D eigenvalue weighted by Crippen LogP contribution is 2.37. The van der Waals surface area contributed by atoms with Crippen molar-refractivity contribution in [2.24, 2.45) is 11.3 Å². The molecule has 0 aliphatic heterocycles. The summed E-state index contributed by atoms with van der Waals surface area (Å²) in [5.41, 5.74) is -0.864. The van der Waals surface area contributed by atoms with Gasteiger partial charge in [0, 0.05) is 19.7 Å². The third-order valence-electron chi connectivity index (χ3n) is 4.42. The van der Waals surface area contributed by atoms with Gasteiger partial charge < -0.3 is 9.64 Å². The van der Waals surface area contributed by atoms with Crippen molar-refractivity contribution in [3.05, 3.63) is 0 Å². The summed E-state index contributed by atoms with van der Waals surface area (Å²) in [7, 11) is 1.64. The number of nitrogens with zero attached hydrogens (tertiary/aromatic N) is 2. The molecule has 0 bridgehead atoms. The van der Waals surface area contributed by atoms with Crippen molar-refractivity contribution < 1.29 is 9.53 Å². The van der Waals surface area contributed by atoms with Gasteiger partial charge in [-0.15, -0.1) is 0 Å². The maximum absolute atomic E-state index is 12.8. The Bertz CT molecular complexity index is 341. The van der Waals surface area contributed by atoms with Gasteiger partial charge in [0.1, 0.15) is 5.41 Å². The first-order valence-corrected chi connectivity index (χ1v) is 7.27. The SMILES string of the molecule is CCC(C#N)(CC)C(=O)N(CCOC)C(C)C1CC1. The molecule has 4 heteroatoms. The van der Waals surface area contributed by atoms with Crippen LogP contribution in [-0.4, -0.2) is 37.1 Å². The Labute approximate surface area is 116 Å². The monoisotopic (exact) mass is 266 g/mol. The normalized spacial score (nSPS) is 16.8. The molecule has 108 valence electrons. The highest BCUT2D eigenvalue weighted by Gasteiger charge is 2.42. The van der Waals surface area contributed by atoms with E-state index in [1.807, 2.05) is 18.7 Å². The van der Waals surface area contributed by atoms with E-state index in [4.69, 9.17) is 4.74 Å². The summed E-state index contributed by atoms with van der Waals surface area (Å²) in [6.45, 7) is 7.04. The van der Waals surface area contributed by atoms with Gasteiger partial charge in [-0.3, -0.25) is 4.79 Å². The van der Waals surface area contributed by atoms with Crippen LogP contribution in [0.5, 0.6) is 0 Å². The molecule has 1 atom stereocenters. The molecule has 0 N–H and O–H groups in total. The van der Waals surface area contributed by atoms with Crippen LogP contribution < -0.4 is 0 Å². The quantitative estimate of drug-likeness (QED) is 0.678. The number of hydrogen-bond donors (Lipinski definition) is 0. The predicted octanol–water partition coefficient (Wildman–Crippen LogP) is 2.59. The second-order valence-electron chi connectivity index (χ2n) is 5.47. The Balaban J connectivity index is 2.88. The van der Waals surface area contributed by atoms with Crippen LogP contribution in [0.1, 0.15) is 46.5 Å². The molecule has 0 heterocycles. The van der Waals surface area contributed by atoms with Crippen molar-refractivity contribution in [1.29, 1.82) is 5.26 Å². The summed E-state index contributed by atoms with van der Waals surface area (Å²) < 4.78 is 5.11. The second kappa shape index (κ2) is 6.91. The maximum atomic E-state index is 12.8. The van der Waals surface area contributed by atoms with Crippen LogP contribution in [-0.2, 0) is 9.53 Å². The first-order valence-electron chi connectivity index (χ1n) is 7.27. The third-order valence-corrected chi connectivity index (χ3v) is 4.42. The minimum absolute atomic E-state index is 0.0172. The van der Waals surface area contributed by atoms with E-state index in [0.717, 1.165) is 0 Å². The topological polar surface area (TPSA) is 53.3 Å². The Morgan fingerprint density at radius 1 is 1.47 bits per heavy atom. The van der Waals surface area contributed by atoms with E-state index < -0.39 is 5.41 Å². The minimum atomic E-state index is -0.864. The number of rotatable bonds is 8. The third kappa shape index (κ3) is 3.48. The van der Waals surface area contributed by atoms with Gasteiger partial charge in [0.25, 0.3) is 0 Å². The summed E-state index contributed by atoms with van der Waals surface area (Å²) in [4.78, 5) is 14.7. The predicted molar refractivity (Wildman–Crippen MR) is 74.4 cm³/mol. The van der Waals surface area contributed by atoms with Crippen molar-refractivity contribution in [3.8, 4) is 6.07 Å². The average Bonchev–Trinajstić information content (AvgIpc) is 3.26. The average molecular weight is 266 g/mol. The van der Waals surface area contributed by atoms with Crippen molar-refractivity contribution in [2.45, 2.75) is 52.5 Å². The molecule has 4 nitrogen and oxygen atoms in total. The summed E-state index contributed by atoms with van der Waals surface area (Å²) in [5, 5.41) is 9.43. The van der Waals surface area contributed by atoms with Crippen LogP contribution in [0.4, 0.5) is 0 Å². The number of nitriles is 1. The van der Waals surface area contributed by atoms with E-state index in [-0.39, 0.29) is 11.9 Å². The lowest BCUT2D eigenvalue weighted by atomic mass is 9.82. The van der Waals surface area contributed by atoms with Gasteiger partial charge in [-0.1, -0.05) is 13.8 Å². The number of hydrogen-bond acceptors (Lipinski definition) is 3. The number of carbonyl (C=O) groups is 1. The van der Waals surface area contributed by atoms with E-state index in [9.17, 15) is 10.1 Å². The summed E-state index contributed by atoms with van der Waals surface area (Å²) in [5.74, 6) is 0.586. The Morgan fingerprint density at radius 2 is 2.05 bits per heavy atom. The first-order chi connectivity index (χ1) is 9.06. The molecule has 1 aliphatic rings. The molecule has 0 aromatic heterocycles. The standard InChI is InChI=1S/C15H26N2O2/c1-5-15(6-2,11-16)14(18)17(9-10-19-4)12(3)13-7-8-13/h12-13H,5-10H2,1-4H3. The van der Waals surface area contributed by atoms with Crippen LogP contribution in [0.3, 0.4) is 0 Å². The lowest BCUT2D eigenvalue weighted by Crippen LogP contribution is -2.49. The summed E-state index contributed by atoms with van der Waals surface area (Å²) >= 11 is 0. The van der Waals surface area contributed by atoms with E-state index in [1.165, 1.54) is 12.8 Å². The molecule has 1 amide bonds. The van der Waals surface area contributed by atoms with E-state index in [0.29, 0.717) is 31.9 Å². The lowest BCUT2D eigenvalue weighted by molar-refractivity contribution is -0.142. The van der Waals surface area contributed by atoms with Crippen LogP contribution in [0.25, 0.3) is 0 Å². The molecule has 1 saturated carbocycles. The van der Waals surface area contributed by atoms with Crippen molar-refractivity contribution >= 4 is 5.91 Å². The molecular weight excluding hydrogens is 240 g/mol. The van der Waals surface area contributed by atoms with Crippen LogP contribution in [0.15, 0.2) is 0 Å². The fraction of sp³-hybridized carbons (Fsp3) is 0.867. The van der Waals surface area contributed by atoms with Crippen LogP contribution in [0, 0.1) is 22.7 Å². The van der Waals surface area contributed by atoms with Crippen molar-refractivity contribution in [3.63, 3.8) is 0 Å². The van der Waals surface area contributed by atoms with Crippen molar-refractivity contribution in [2.75, 3.05) is 20.3 Å². The fourth-order valence-electron chi connectivity index (χ4n) is 2.55.